The fraction of sp³-hybridized carbons (Fsp3) is 0.333. The summed E-state index contributed by atoms with van der Waals surface area (Å²) in [6.07, 6.45) is 4.35. The van der Waals surface area contributed by atoms with Crippen molar-refractivity contribution in [2.75, 3.05) is 0 Å². The van der Waals surface area contributed by atoms with Crippen molar-refractivity contribution in [3.8, 4) is 0 Å². The van der Waals surface area contributed by atoms with Crippen LogP contribution in [0.3, 0.4) is 0 Å². The van der Waals surface area contributed by atoms with Gasteiger partial charge >= 0.3 is 0 Å². The molecular weight excluding hydrogens is 320 g/mol. The van der Waals surface area contributed by atoms with Gasteiger partial charge in [0.25, 0.3) is 0 Å². The third kappa shape index (κ3) is 3.16. The maximum Gasteiger partial charge on any atom is 0.167 e. The number of Topliss-reactive ketones (excluding diaryl/α,β-unsaturated/α-hetero) is 2. The SMILES string of the molecule is C=C1CCc2cc(C(=O)Cc3ccc4c(c3)CC(=O)CC4)ccc2C1C. The summed E-state index contributed by atoms with van der Waals surface area (Å²) in [7, 11) is 0. The highest BCUT2D eigenvalue weighted by molar-refractivity contribution is 5.98. The third-order valence-corrected chi connectivity index (χ3v) is 5.96. The molecule has 0 saturated heterocycles. The average molecular weight is 344 g/mol. The molecule has 0 aliphatic heterocycles. The van der Waals surface area contributed by atoms with Crippen LogP contribution in [-0.4, -0.2) is 11.6 Å². The predicted octanol–water partition coefficient (Wildman–Crippen LogP) is 4.78. The Balaban J connectivity index is 1.55. The van der Waals surface area contributed by atoms with Crippen molar-refractivity contribution >= 4 is 11.6 Å². The van der Waals surface area contributed by atoms with E-state index in [0.29, 0.717) is 31.0 Å². The summed E-state index contributed by atoms with van der Waals surface area (Å²) in [6.45, 7) is 6.35. The zero-order chi connectivity index (χ0) is 18.3. The molecule has 2 aromatic carbocycles. The number of rotatable bonds is 3. The molecule has 0 N–H and O–H groups in total. The molecule has 132 valence electrons. The lowest BCUT2D eigenvalue weighted by molar-refractivity contribution is -0.118. The van der Waals surface area contributed by atoms with Crippen LogP contribution >= 0.6 is 0 Å². The molecule has 2 nitrogen and oxygen atoms in total. The normalized spacial score (nSPS) is 19.0. The zero-order valence-electron chi connectivity index (χ0n) is 15.3. The van der Waals surface area contributed by atoms with Crippen molar-refractivity contribution in [3.63, 3.8) is 0 Å². The molecule has 2 aromatic rings. The molecule has 0 heterocycles. The Bertz CT molecular complexity index is 920. The second-order valence-electron chi connectivity index (χ2n) is 7.71. The molecule has 0 radical (unpaired) electrons. The van der Waals surface area contributed by atoms with E-state index in [9.17, 15) is 9.59 Å². The van der Waals surface area contributed by atoms with Crippen LogP contribution in [0, 0.1) is 0 Å². The van der Waals surface area contributed by atoms with E-state index < -0.39 is 0 Å². The number of aryl methyl sites for hydroxylation is 2. The minimum atomic E-state index is 0.145. The van der Waals surface area contributed by atoms with Gasteiger partial charge in [-0.1, -0.05) is 49.4 Å². The van der Waals surface area contributed by atoms with Gasteiger partial charge in [-0.3, -0.25) is 9.59 Å². The Hall–Kier alpha value is -2.48. The highest BCUT2D eigenvalue weighted by atomic mass is 16.1. The van der Waals surface area contributed by atoms with Crippen LogP contribution in [0.2, 0.25) is 0 Å². The van der Waals surface area contributed by atoms with E-state index in [1.165, 1.54) is 22.3 Å². The molecule has 1 unspecified atom stereocenters. The largest absolute Gasteiger partial charge is 0.299 e. The van der Waals surface area contributed by atoms with E-state index in [-0.39, 0.29) is 5.78 Å². The number of fused-ring (bicyclic) bond motifs is 2. The molecule has 0 amide bonds. The van der Waals surface area contributed by atoms with Gasteiger partial charge in [-0.2, -0.15) is 0 Å². The van der Waals surface area contributed by atoms with Crippen LogP contribution in [0.4, 0.5) is 0 Å². The molecule has 1 atom stereocenters. The second-order valence-corrected chi connectivity index (χ2v) is 7.71. The maximum absolute atomic E-state index is 12.8. The number of hydrogen-bond acceptors (Lipinski definition) is 2. The van der Waals surface area contributed by atoms with Crippen molar-refractivity contribution in [1.29, 1.82) is 0 Å². The maximum atomic E-state index is 12.8. The molecule has 0 bridgehead atoms. The third-order valence-electron chi connectivity index (χ3n) is 5.96. The highest BCUT2D eigenvalue weighted by Gasteiger charge is 2.21. The molecule has 0 saturated carbocycles. The van der Waals surface area contributed by atoms with Crippen LogP contribution in [0.5, 0.6) is 0 Å². The summed E-state index contributed by atoms with van der Waals surface area (Å²) in [5, 5.41) is 0. The molecule has 0 aromatic heterocycles. The first kappa shape index (κ1) is 17.0. The zero-order valence-corrected chi connectivity index (χ0v) is 15.3. The van der Waals surface area contributed by atoms with E-state index in [1.54, 1.807) is 0 Å². The second kappa shape index (κ2) is 6.68. The predicted molar refractivity (Wildman–Crippen MR) is 104 cm³/mol. The van der Waals surface area contributed by atoms with Gasteiger partial charge in [-0.15, -0.1) is 0 Å². The Kier molecular flexibility index (Phi) is 4.36. The van der Waals surface area contributed by atoms with Crippen LogP contribution < -0.4 is 0 Å². The summed E-state index contributed by atoms with van der Waals surface area (Å²) >= 11 is 0. The van der Waals surface area contributed by atoms with Crippen LogP contribution in [-0.2, 0) is 30.5 Å². The first-order valence-corrected chi connectivity index (χ1v) is 9.47. The van der Waals surface area contributed by atoms with E-state index >= 15 is 0 Å². The van der Waals surface area contributed by atoms with Gasteiger partial charge in [0, 0.05) is 30.7 Å². The van der Waals surface area contributed by atoms with E-state index in [0.717, 1.165) is 36.0 Å². The lowest BCUT2D eigenvalue weighted by Gasteiger charge is -2.25. The Morgan fingerprint density at radius 2 is 1.81 bits per heavy atom. The molecular formula is C24H24O2. The summed E-state index contributed by atoms with van der Waals surface area (Å²) in [5.74, 6) is 0.819. The number of hydrogen-bond donors (Lipinski definition) is 0. The van der Waals surface area contributed by atoms with Crippen molar-refractivity contribution < 1.29 is 9.59 Å². The monoisotopic (exact) mass is 344 g/mol. The first-order valence-electron chi connectivity index (χ1n) is 9.47. The smallest absolute Gasteiger partial charge is 0.167 e. The van der Waals surface area contributed by atoms with Gasteiger partial charge in [0.1, 0.15) is 5.78 Å². The summed E-state index contributed by atoms with van der Waals surface area (Å²) in [6, 6.07) is 12.3. The van der Waals surface area contributed by atoms with Gasteiger partial charge in [0.15, 0.2) is 5.78 Å². The first-order chi connectivity index (χ1) is 12.5. The van der Waals surface area contributed by atoms with Crippen LogP contribution in [0.25, 0.3) is 0 Å². The quantitative estimate of drug-likeness (QED) is 0.593. The minimum Gasteiger partial charge on any atom is -0.299 e. The van der Waals surface area contributed by atoms with Gasteiger partial charge in [0.05, 0.1) is 0 Å². The molecule has 0 fully saturated rings. The molecule has 26 heavy (non-hydrogen) atoms. The van der Waals surface area contributed by atoms with Crippen molar-refractivity contribution in [2.24, 2.45) is 0 Å². The number of benzene rings is 2. The number of allylic oxidation sites excluding steroid dienone is 1. The molecule has 0 spiro atoms. The Morgan fingerprint density at radius 1 is 1.00 bits per heavy atom. The van der Waals surface area contributed by atoms with E-state index in [1.807, 2.05) is 12.1 Å². The Morgan fingerprint density at radius 3 is 2.65 bits per heavy atom. The Labute approximate surface area is 154 Å². The minimum absolute atomic E-state index is 0.145. The number of carbonyl (C=O) groups excluding carboxylic acids is 2. The lowest BCUT2D eigenvalue weighted by atomic mass is 9.80. The standard InChI is InChI=1S/C24H24O2/c1-15-3-5-19-13-20(8-10-23(19)16(15)2)24(26)12-17-4-6-18-7-9-22(25)14-21(18)11-17/h4,6,8,10-11,13,16H,1,3,5,7,9,12,14H2,2H3. The fourth-order valence-corrected chi connectivity index (χ4v) is 4.21. The summed E-state index contributed by atoms with van der Waals surface area (Å²) in [4.78, 5) is 24.5. The fourth-order valence-electron chi connectivity index (χ4n) is 4.21. The molecule has 2 aliphatic rings. The number of ketones is 2. The average Bonchev–Trinajstić information content (AvgIpc) is 2.64. The highest BCUT2D eigenvalue weighted by Crippen LogP contribution is 2.35. The van der Waals surface area contributed by atoms with Crippen molar-refractivity contribution in [1.82, 2.24) is 0 Å². The van der Waals surface area contributed by atoms with E-state index in [4.69, 9.17) is 0 Å². The van der Waals surface area contributed by atoms with Crippen LogP contribution in [0.15, 0.2) is 48.6 Å². The van der Waals surface area contributed by atoms with Gasteiger partial charge < -0.3 is 0 Å². The van der Waals surface area contributed by atoms with Gasteiger partial charge in [-0.05, 0) is 53.1 Å². The molecule has 2 heteroatoms. The van der Waals surface area contributed by atoms with Crippen LogP contribution in [0.1, 0.15) is 63.9 Å². The van der Waals surface area contributed by atoms with Gasteiger partial charge in [0.2, 0.25) is 0 Å². The summed E-state index contributed by atoms with van der Waals surface area (Å²) in [5.41, 5.74) is 8.02. The topological polar surface area (TPSA) is 34.1 Å². The molecule has 2 aliphatic carbocycles. The lowest BCUT2D eigenvalue weighted by Crippen LogP contribution is -2.14. The summed E-state index contributed by atoms with van der Waals surface area (Å²) < 4.78 is 0. The van der Waals surface area contributed by atoms with Crippen molar-refractivity contribution in [3.05, 3.63) is 81.9 Å². The number of carbonyl (C=O) groups is 2. The molecule has 4 rings (SSSR count). The van der Waals surface area contributed by atoms with Crippen molar-refractivity contribution in [2.45, 2.75) is 51.4 Å². The van der Waals surface area contributed by atoms with E-state index in [2.05, 4.69) is 37.8 Å². The van der Waals surface area contributed by atoms with Gasteiger partial charge in [-0.25, -0.2) is 0 Å².